The first-order chi connectivity index (χ1) is 10.1. The maximum Gasteiger partial charge on any atom is 0.326 e. The number of thiophene rings is 1. The zero-order valence-electron chi connectivity index (χ0n) is 11.7. The van der Waals surface area contributed by atoms with Gasteiger partial charge in [-0.25, -0.2) is 4.79 Å². The zero-order valence-corrected chi connectivity index (χ0v) is 12.5. The van der Waals surface area contributed by atoms with Crippen LogP contribution in [-0.2, 0) is 17.6 Å². The molecule has 4 nitrogen and oxygen atoms in total. The van der Waals surface area contributed by atoms with Crippen molar-refractivity contribution in [3.8, 4) is 0 Å². The van der Waals surface area contributed by atoms with E-state index in [4.69, 9.17) is 0 Å². The number of carboxylic acid groups (broad SMARTS) is 1. The molecule has 0 unspecified atom stereocenters. The standard InChI is InChI=1S/C16H17NO3S/c1-2-12-8-9-21-14(12)15(18)17-13(16(19)20)10-11-6-4-3-5-7-11/h3-9,13H,2,10H2,1H3,(H,17,18)(H,19,20)/t13-/m1/s1. The van der Waals surface area contributed by atoms with E-state index in [-0.39, 0.29) is 12.3 Å². The van der Waals surface area contributed by atoms with Crippen LogP contribution in [0.2, 0.25) is 0 Å². The van der Waals surface area contributed by atoms with Gasteiger partial charge in [0.15, 0.2) is 0 Å². The topological polar surface area (TPSA) is 66.4 Å². The van der Waals surface area contributed by atoms with Gasteiger partial charge in [-0.05, 0) is 29.0 Å². The number of nitrogens with one attached hydrogen (secondary N) is 1. The first-order valence-electron chi connectivity index (χ1n) is 6.75. The predicted octanol–water partition coefficient (Wildman–Crippen LogP) is 2.74. The van der Waals surface area contributed by atoms with Crippen molar-refractivity contribution in [2.24, 2.45) is 0 Å². The lowest BCUT2D eigenvalue weighted by Gasteiger charge is -2.14. The highest BCUT2D eigenvalue weighted by atomic mass is 32.1. The summed E-state index contributed by atoms with van der Waals surface area (Å²) in [5, 5.41) is 13.8. The van der Waals surface area contributed by atoms with Crippen LogP contribution in [0.3, 0.4) is 0 Å². The van der Waals surface area contributed by atoms with Crippen LogP contribution in [0.4, 0.5) is 0 Å². The molecule has 2 N–H and O–H groups in total. The highest BCUT2D eigenvalue weighted by Crippen LogP contribution is 2.17. The second-order valence-corrected chi connectivity index (χ2v) is 5.60. The molecule has 0 spiro atoms. The van der Waals surface area contributed by atoms with Gasteiger partial charge in [-0.3, -0.25) is 4.79 Å². The Kier molecular flexibility index (Phi) is 5.11. The van der Waals surface area contributed by atoms with Crippen molar-refractivity contribution in [2.45, 2.75) is 25.8 Å². The third kappa shape index (κ3) is 3.92. The van der Waals surface area contributed by atoms with Gasteiger partial charge in [0.05, 0.1) is 4.88 Å². The first-order valence-corrected chi connectivity index (χ1v) is 7.63. The van der Waals surface area contributed by atoms with Crippen LogP contribution in [0.1, 0.15) is 27.7 Å². The second kappa shape index (κ2) is 7.04. The maximum absolute atomic E-state index is 12.2. The van der Waals surface area contributed by atoms with Gasteiger partial charge in [0, 0.05) is 6.42 Å². The normalized spacial score (nSPS) is 11.9. The molecule has 0 saturated carbocycles. The Morgan fingerprint density at radius 3 is 2.57 bits per heavy atom. The highest BCUT2D eigenvalue weighted by molar-refractivity contribution is 7.12. The number of carboxylic acids is 1. The smallest absolute Gasteiger partial charge is 0.326 e. The fourth-order valence-corrected chi connectivity index (χ4v) is 2.99. The average molecular weight is 303 g/mol. The molecular formula is C16H17NO3S. The van der Waals surface area contributed by atoms with Crippen molar-refractivity contribution >= 4 is 23.2 Å². The monoisotopic (exact) mass is 303 g/mol. The molecule has 1 amide bonds. The molecule has 2 aromatic rings. The molecule has 0 bridgehead atoms. The molecule has 0 aliphatic rings. The summed E-state index contributed by atoms with van der Waals surface area (Å²) in [6, 6.07) is 10.3. The van der Waals surface area contributed by atoms with Crippen LogP contribution in [0.5, 0.6) is 0 Å². The van der Waals surface area contributed by atoms with E-state index in [1.807, 2.05) is 48.7 Å². The fourth-order valence-electron chi connectivity index (χ4n) is 2.09. The van der Waals surface area contributed by atoms with Crippen LogP contribution >= 0.6 is 11.3 Å². The SMILES string of the molecule is CCc1ccsc1C(=O)N[C@H](Cc1ccccc1)C(=O)O. The minimum absolute atomic E-state index is 0.273. The molecule has 0 aliphatic heterocycles. The summed E-state index contributed by atoms with van der Waals surface area (Å²) in [5.41, 5.74) is 1.83. The fraction of sp³-hybridized carbons (Fsp3) is 0.250. The molecule has 0 aliphatic carbocycles. The Morgan fingerprint density at radius 1 is 1.24 bits per heavy atom. The van der Waals surface area contributed by atoms with Crippen LogP contribution < -0.4 is 5.32 Å². The lowest BCUT2D eigenvalue weighted by molar-refractivity contribution is -0.139. The number of hydrogen-bond acceptors (Lipinski definition) is 3. The number of aliphatic carboxylic acids is 1. The summed E-state index contributed by atoms with van der Waals surface area (Å²) in [5.74, 6) is -1.34. The molecule has 1 atom stereocenters. The Hall–Kier alpha value is -2.14. The molecule has 1 aromatic heterocycles. The molecular weight excluding hydrogens is 286 g/mol. The van der Waals surface area contributed by atoms with Gasteiger partial charge >= 0.3 is 5.97 Å². The van der Waals surface area contributed by atoms with E-state index < -0.39 is 12.0 Å². The number of carbonyl (C=O) groups is 2. The van der Waals surface area contributed by atoms with Crippen LogP contribution in [0, 0.1) is 0 Å². The Bertz CT molecular complexity index is 621. The van der Waals surface area contributed by atoms with Crippen molar-refractivity contribution in [1.82, 2.24) is 5.32 Å². The van der Waals surface area contributed by atoms with E-state index in [0.717, 1.165) is 17.5 Å². The minimum atomic E-state index is -1.03. The molecule has 0 saturated heterocycles. The molecule has 5 heteroatoms. The number of carbonyl (C=O) groups excluding carboxylic acids is 1. The van der Waals surface area contributed by atoms with E-state index >= 15 is 0 Å². The van der Waals surface area contributed by atoms with Gasteiger partial charge in [0.25, 0.3) is 5.91 Å². The van der Waals surface area contributed by atoms with Crippen LogP contribution in [0.15, 0.2) is 41.8 Å². The molecule has 2 rings (SSSR count). The molecule has 0 fully saturated rings. The third-order valence-electron chi connectivity index (χ3n) is 3.22. The van der Waals surface area contributed by atoms with E-state index in [0.29, 0.717) is 4.88 Å². The number of amides is 1. The van der Waals surface area contributed by atoms with E-state index in [2.05, 4.69) is 5.32 Å². The van der Waals surface area contributed by atoms with E-state index in [1.165, 1.54) is 11.3 Å². The average Bonchev–Trinajstić information content (AvgIpc) is 2.96. The summed E-state index contributed by atoms with van der Waals surface area (Å²) in [7, 11) is 0. The summed E-state index contributed by atoms with van der Waals surface area (Å²) >= 11 is 1.34. The quantitative estimate of drug-likeness (QED) is 0.862. The van der Waals surface area contributed by atoms with Crippen LogP contribution in [0.25, 0.3) is 0 Å². The van der Waals surface area contributed by atoms with Gasteiger partial charge in [-0.15, -0.1) is 11.3 Å². The predicted molar refractivity (Wildman–Crippen MR) is 82.7 cm³/mol. The number of aryl methyl sites for hydroxylation is 1. The molecule has 1 aromatic carbocycles. The zero-order chi connectivity index (χ0) is 15.2. The lowest BCUT2D eigenvalue weighted by atomic mass is 10.1. The van der Waals surface area contributed by atoms with Crippen molar-refractivity contribution in [1.29, 1.82) is 0 Å². The van der Waals surface area contributed by atoms with Gasteiger partial charge < -0.3 is 10.4 Å². The van der Waals surface area contributed by atoms with Crippen molar-refractivity contribution in [2.75, 3.05) is 0 Å². The Morgan fingerprint density at radius 2 is 1.95 bits per heavy atom. The maximum atomic E-state index is 12.2. The summed E-state index contributed by atoms with van der Waals surface area (Å²) < 4.78 is 0. The second-order valence-electron chi connectivity index (χ2n) is 4.68. The number of rotatable bonds is 6. The van der Waals surface area contributed by atoms with Crippen molar-refractivity contribution < 1.29 is 14.7 Å². The molecule has 1 heterocycles. The van der Waals surface area contributed by atoms with Gasteiger partial charge in [-0.1, -0.05) is 37.3 Å². The summed E-state index contributed by atoms with van der Waals surface area (Å²) in [4.78, 5) is 24.2. The Balaban J connectivity index is 2.10. The molecule has 0 radical (unpaired) electrons. The molecule has 110 valence electrons. The van der Waals surface area contributed by atoms with E-state index in [1.54, 1.807) is 0 Å². The van der Waals surface area contributed by atoms with Crippen LogP contribution in [-0.4, -0.2) is 23.0 Å². The van der Waals surface area contributed by atoms with Crippen molar-refractivity contribution in [3.05, 3.63) is 57.8 Å². The third-order valence-corrected chi connectivity index (χ3v) is 4.18. The largest absolute Gasteiger partial charge is 0.480 e. The number of hydrogen-bond donors (Lipinski definition) is 2. The minimum Gasteiger partial charge on any atom is -0.480 e. The summed E-state index contributed by atoms with van der Waals surface area (Å²) in [6.07, 6.45) is 1.03. The molecule has 21 heavy (non-hydrogen) atoms. The van der Waals surface area contributed by atoms with Gasteiger partial charge in [0.2, 0.25) is 0 Å². The first kappa shape index (κ1) is 15.3. The summed E-state index contributed by atoms with van der Waals surface area (Å²) in [6.45, 7) is 1.97. The Labute approximate surface area is 127 Å². The van der Waals surface area contributed by atoms with E-state index in [9.17, 15) is 14.7 Å². The van der Waals surface area contributed by atoms with Crippen molar-refractivity contribution in [3.63, 3.8) is 0 Å². The highest BCUT2D eigenvalue weighted by Gasteiger charge is 2.22. The lowest BCUT2D eigenvalue weighted by Crippen LogP contribution is -2.42. The van der Waals surface area contributed by atoms with Gasteiger partial charge in [0.1, 0.15) is 6.04 Å². The number of benzene rings is 1. The van der Waals surface area contributed by atoms with Gasteiger partial charge in [-0.2, -0.15) is 0 Å².